The van der Waals surface area contributed by atoms with Crippen molar-refractivity contribution in [3.8, 4) is 11.5 Å². The molecule has 1 heterocycles. The summed E-state index contributed by atoms with van der Waals surface area (Å²) >= 11 is 0. The van der Waals surface area contributed by atoms with Crippen LogP contribution in [0.1, 0.15) is 18.2 Å². The molecular formula is C22H24N2O6S. The molecule has 0 aliphatic carbocycles. The molecule has 0 atom stereocenters. The van der Waals surface area contributed by atoms with Crippen LogP contribution < -0.4 is 19.5 Å². The second-order valence-electron chi connectivity index (χ2n) is 6.63. The van der Waals surface area contributed by atoms with E-state index in [4.69, 9.17) is 13.9 Å². The molecule has 0 bridgehead atoms. The summed E-state index contributed by atoms with van der Waals surface area (Å²) in [4.78, 5) is 12.0. The summed E-state index contributed by atoms with van der Waals surface area (Å²) in [5, 5.41) is 2.68. The highest BCUT2D eigenvalue weighted by Crippen LogP contribution is 2.24. The molecule has 3 rings (SSSR count). The Kier molecular flexibility index (Phi) is 7.19. The summed E-state index contributed by atoms with van der Waals surface area (Å²) in [5.41, 5.74) is 1.02. The zero-order chi connectivity index (χ0) is 22.3. The van der Waals surface area contributed by atoms with E-state index in [9.17, 15) is 13.2 Å². The van der Waals surface area contributed by atoms with Gasteiger partial charge in [0.25, 0.3) is 15.9 Å². The average molecular weight is 445 g/mol. The Hall–Kier alpha value is -3.46. The van der Waals surface area contributed by atoms with Gasteiger partial charge in [-0.05, 0) is 74.0 Å². The second-order valence-corrected chi connectivity index (χ2v) is 8.32. The van der Waals surface area contributed by atoms with Gasteiger partial charge in [-0.25, -0.2) is 8.42 Å². The zero-order valence-electron chi connectivity index (χ0n) is 17.3. The van der Waals surface area contributed by atoms with Crippen LogP contribution in [0.25, 0.3) is 0 Å². The van der Waals surface area contributed by atoms with Gasteiger partial charge < -0.3 is 19.2 Å². The van der Waals surface area contributed by atoms with Crippen LogP contribution in [0.2, 0.25) is 0 Å². The predicted octanol–water partition coefficient (Wildman–Crippen LogP) is 3.48. The molecule has 0 fully saturated rings. The minimum absolute atomic E-state index is 0.0912. The lowest BCUT2D eigenvalue weighted by molar-refractivity contribution is -0.123. The summed E-state index contributed by atoms with van der Waals surface area (Å²) in [6.07, 6.45) is 1.53. The molecule has 9 heteroatoms. The standard InChI is InChI=1S/C22H24N2O6S/c1-3-28-18-8-6-17(7-9-18)24-31(26,27)20-10-11-21(16(2)13-20)30-15-22(25)23-14-19-5-4-12-29-19/h4-13,24H,3,14-15H2,1-2H3,(H,23,25). The normalized spacial score (nSPS) is 11.0. The smallest absolute Gasteiger partial charge is 0.261 e. The van der Waals surface area contributed by atoms with Crippen molar-refractivity contribution >= 4 is 21.6 Å². The number of sulfonamides is 1. The second kappa shape index (κ2) is 10.0. The quantitative estimate of drug-likeness (QED) is 0.496. The van der Waals surface area contributed by atoms with Gasteiger partial charge in [-0.2, -0.15) is 0 Å². The van der Waals surface area contributed by atoms with E-state index in [1.54, 1.807) is 43.3 Å². The predicted molar refractivity (Wildman–Crippen MR) is 116 cm³/mol. The number of furan rings is 1. The molecule has 0 unspecified atom stereocenters. The number of hydrogen-bond acceptors (Lipinski definition) is 6. The van der Waals surface area contributed by atoms with Crippen molar-refractivity contribution in [1.29, 1.82) is 0 Å². The molecule has 0 aliphatic rings. The van der Waals surface area contributed by atoms with E-state index in [0.29, 0.717) is 35.1 Å². The van der Waals surface area contributed by atoms with Crippen LogP contribution in [-0.4, -0.2) is 27.5 Å². The van der Waals surface area contributed by atoms with Gasteiger partial charge in [0.1, 0.15) is 17.3 Å². The number of nitrogens with one attached hydrogen (secondary N) is 2. The van der Waals surface area contributed by atoms with E-state index in [-0.39, 0.29) is 24.0 Å². The Morgan fingerprint density at radius 2 is 1.84 bits per heavy atom. The Morgan fingerprint density at radius 1 is 1.06 bits per heavy atom. The molecule has 3 aromatic rings. The molecular weight excluding hydrogens is 420 g/mol. The highest BCUT2D eigenvalue weighted by Gasteiger charge is 2.16. The number of rotatable bonds is 10. The molecule has 31 heavy (non-hydrogen) atoms. The average Bonchev–Trinajstić information content (AvgIpc) is 3.26. The maximum atomic E-state index is 12.7. The van der Waals surface area contributed by atoms with Gasteiger partial charge in [-0.1, -0.05) is 0 Å². The van der Waals surface area contributed by atoms with Gasteiger partial charge in [0, 0.05) is 5.69 Å². The van der Waals surface area contributed by atoms with Crippen molar-refractivity contribution in [2.75, 3.05) is 17.9 Å². The van der Waals surface area contributed by atoms with Gasteiger partial charge >= 0.3 is 0 Å². The Balaban J connectivity index is 1.58. The number of ether oxygens (including phenoxy) is 2. The van der Waals surface area contributed by atoms with E-state index in [1.165, 1.54) is 24.5 Å². The minimum Gasteiger partial charge on any atom is -0.494 e. The first-order valence-corrected chi connectivity index (χ1v) is 11.1. The summed E-state index contributed by atoms with van der Waals surface area (Å²) in [7, 11) is -3.78. The highest BCUT2D eigenvalue weighted by atomic mass is 32.2. The van der Waals surface area contributed by atoms with Gasteiger partial charge in [0.15, 0.2) is 6.61 Å². The monoisotopic (exact) mass is 444 g/mol. The Labute approximate surface area is 181 Å². The third-order valence-electron chi connectivity index (χ3n) is 4.27. The van der Waals surface area contributed by atoms with Crippen molar-refractivity contribution in [2.24, 2.45) is 0 Å². The molecule has 0 radical (unpaired) electrons. The van der Waals surface area contributed by atoms with E-state index < -0.39 is 10.0 Å². The maximum absolute atomic E-state index is 12.7. The minimum atomic E-state index is -3.78. The molecule has 1 aromatic heterocycles. The maximum Gasteiger partial charge on any atom is 0.261 e. The van der Waals surface area contributed by atoms with Gasteiger partial charge in [0.05, 0.1) is 24.3 Å². The first kappa shape index (κ1) is 22.2. The number of amides is 1. The van der Waals surface area contributed by atoms with Crippen molar-refractivity contribution in [1.82, 2.24) is 5.32 Å². The third kappa shape index (κ3) is 6.26. The van der Waals surface area contributed by atoms with Crippen molar-refractivity contribution in [3.63, 3.8) is 0 Å². The van der Waals surface area contributed by atoms with Crippen LogP contribution >= 0.6 is 0 Å². The topological polar surface area (TPSA) is 107 Å². The van der Waals surface area contributed by atoms with E-state index in [1.807, 2.05) is 6.92 Å². The van der Waals surface area contributed by atoms with Crippen molar-refractivity contribution < 1.29 is 27.1 Å². The molecule has 1 amide bonds. The SMILES string of the molecule is CCOc1ccc(NS(=O)(=O)c2ccc(OCC(=O)NCc3ccco3)c(C)c2)cc1. The fourth-order valence-electron chi connectivity index (χ4n) is 2.74. The molecule has 0 saturated heterocycles. The van der Waals surface area contributed by atoms with E-state index in [0.717, 1.165) is 0 Å². The Morgan fingerprint density at radius 3 is 2.48 bits per heavy atom. The first-order valence-electron chi connectivity index (χ1n) is 9.65. The van der Waals surface area contributed by atoms with Crippen LogP contribution in [-0.2, 0) is 21.4 Å². The zero-order valence-corrected chi connectivity index (χ0v) is 18.1. The third-order valence-corrected chi connectivity index (χ3v) is 5.65. The van der Waals surface area contributed by atoms with E-state index in [2.05, 4.69) is 10.0 Å². The number of aryl methyl sites for hydroxylation is 1. The van der Waals surface area contributed by atoms with Gasteiger partial charge in [0.2, 0.25) is 0 Å². The molecule has 8 nitrogen and oxygen atoms in total. The summed E-state index contributed by atoms with van der Waals surface area (Å²) < 4.78 is 43.9. The van der Waals surface area contributed by atoms with E-state index >= 15 is 0 Å². The lowest BCUT2D eigenvalue weighted by Gasteiger charge is -2.12. The van der Waals surface area contributed by atoms with Crippen LogP contribution in [0.3, 0.4) is 0 Å². The fraction of sp³-hybridized carbons (Fsp3) is 0.227. The molecule has 0 spiro atoms. The molecule has 2 N–H and O–H groups in total. The molecule has 0 saturated carbocycles. The fourth-order valence-corrected chi connectivity index (χ4v) is 3.89. The summed E-state index contributed by atoms with van der Waals surface area (Å²) in [6, 6.07) is 14.6. The van der Waals surface area contributed by atoms with Gasteiger partial charge in [-0.15, -0.1) is 0 Å². The van der Waals surface area contributed by atoms with Crippen molar-refractivity contribution in [2.45, 2.75) is 25.3 Å². The number of carbonyl (C=O) groups is 1. The number of benzene rings is 2. The molecule has 0 aliphatic heterocycles. The molecule has 2 aromatic carbocycles. The highest BCUT2D eigenvalue weighted by molar-refractivity contribution is 7.92. The number of hydrogen-bond donors (Lipinski definition) is 2. The Bertz CT molecular complexity index is 1110. The summed E-state index contributed by atoms with van der Waals surface area (Å²) in [5.74, 6) is 1.41. The number of carbonyl (C=O) groups excluding carboxylic acids is 1. The van der Waals surface area contributed by atoms with Crippen LogP contribution in [0.5, 0.6) is 11.5 Å². The largest absolute Gasteiger partial charge is 0.494 e. The van der Waals surface area contributed by atoms with Crippen molar-refractivity contribution in [3.05, 3.63) is 72.2 Å². The van der Waals surface area contributed by atoms with Crippen LogP contribution in [0.4, 0.5) is 5.69 Å². The lowest BCUT2D eigenvalue weighted by atomic mass is 10.2. The first-order chi connectivity index (χ1) is 14.9. The lowest BCUT2D eigenvalue weighted by Crippen LogP contribution is -2.28. The summed E-state index contributed by atoms with van der Waals surface area (Å²) in [6.45, 7) is 4.19. The van der Waals surface area contributed by atoms with Crippen LogP contribution in [0.15, 0.2) is 70.2 Å². The molecule has 164 valence electrons. The van der Waals surface area contributed by atoms with Crippen LogP contribution in [0, 0.1) is 6.92 Å². The number of anilines is 1. The van der Waals surface area contributed by atoms with Gasteiger partial charge in [-0.3, -0.25) is 9.52 Å².